The number of ether oxygens (including phenoxy) is 2. The summed E-state index contributed by atoms with van der Waals surface area (Å²) in [6.07, 6.45) is 0.471. The lowest BCUT2D eigenvalue weighted by atomic mass is 10.3. The Balaban J connectivity index is 2.28. The Labute approximate surface area is 78.8 Å². The highest BCUT2D eigenvalue weighted by atomic mass is 16.6. The van der Waals surface area contributed by atoms with E-state index in [1.807, 2.05) is 14.0 Å². The maximum absolute atomic E-state index is 11.3. The van der Waals surface area contributed by atoms with Crippen LogP contribution in [-0.2, 0) is 14.3 Å². The van der Waals surface area contributed by atoms with E-state index < -0.39 is 0 Å². The fourth-order valence-electron chi connectivity index (χ4n) is 1.22. The van der Waals surface area contributed by atoms with Crippen LogP contribution in [0.5, 0.6) is 0 Å². The van der Waals surface area contributed by atoms with E-state index in [9.17, 15) is 4.79 Å². The SMILES string of the molecule is CCCOC(=O)C1CN(C)CCO1. The molecule has 0 aromatic rings. The van der Waals surface area contributed by atoms with Crippen molar-refractivity contribution in [3.8, 4) is 0 Å². The van der Waals surface area contributed by atoms with Crippen LogP contribution < -0.4 is 0 Å². The number of morpholine rings is 1. The third kappa shape index (κ3) is 3.32. The van der Waals surface area contributed by atoms with Crippen LogP contribution in [0.1, 0.15) is 13.3 Å². The molecule has 76 valence electrons. The lowest BCUT2D eigenvalue weighted by Gasteiger charge is -2.28. The number of nitrogens with zero attached hydrogens (tertiary/aromatic N) is 1. The van der Waals surface area contributed by atoms with Crippen molar-refractivity contribution in [1.82, 2.24) is 4.90 Å². The minimum absolute atomic E-state index is 0.228. The van der Waals surface area contributed by atoms with E-state index in [4.69, 9.17) is 9.47 Å². The summed E-state index contributed by atoms with van der Waals surface area (Å²) in [5.41, 5.74) is 0. The van der Waals surface area contributed by atoms with Gasteiger partial charge in [-0.15, -0.1) is 0 Å². The van der Waals surface area contributed by atoms with Crippen molar-refractivity contribution >= 4 is 5.97 Å². The van der Waals surface area contributed by atoms with Gasteiger partial charge in [-0.05, 0) is 13.5 Å². The van der Waals surface area contributed by atoms with E-state index in [0.29, 0.717) is 19.8 Å². The highest BCUT2D eigenvalue weighted by molar-refractivity contribution is 5.75. The molecule has 1 heterocycles. The molecule has 0 spiro atoms. The monoisotopic (exact) mass is 187 g/mol. The Kier molecular flexibility index (Phi) is 4.18. The molecule has 1 aliphatic heterocycles. The van der Waals surface area contributed by atoms with Gasteiger partial charge in [0.2, 0.25) is 0 Å². The molecule has 4 heteroatoms. The molecule has 1 unspecified atom stereocenters. The number of esters is 1. The van der Waals surface area contributed by atoms with E-state index in [1.165, 1.54) is 0 Å². The Morgan fingerprint density at radius 2 is 2.46 bits per heavy atom. The van der Waals surface area contributed by atoms with E-state index in [1.54, 1.807) is 0 Å². The second kappa shape index (κ2) is 5.19. The topological polar surface area (TPSA) is 38.8 Å². The first-order valence-corrected chi connectivity index (χ1v) is 4.71. The highest BCUT2D eigenvalue weighted by Crippen LogP contribution is 2.04. The number of likely N-dealkylation sites (N-methyl/N-ethyl adjacent to an activating group) is 1. The summed E-state index contributed by atoms with van der Waals surface area (Å²) in [5, 5.41) is 0. The van der Waals surface area contributed by atoms with Crippen LogP contribution in [0.2, 0.25) is 0 Å². The molecule has 0 N–H and O–H groups in total. The molecule has 0 amide bonds. The first-order chi connectivity index (χ1) is 6.24. The zero-order valence-corrected chi connectivity index (χ0v) is 8.28. The predicted molar refractivity (Wildman–Crippen MR) is 48.5 cm³/mol. The number of carbonyl (C=O) groups is 1. The molecular formula is C9H17NO3. The van der Waals surface area contributed by atoms with Crippen molar-refractivity contribution < 1.29 is 14.3 Å². The number of hydrogen-bond donors (Lipinski definition) is 0. The van der Waals surface area contributed by atoms with Gasteiger partial charge in [0, 0.05) is 13.1 Å². The fraction of sp³-hybridized carbons (Fsp3) is 0.889. The van der Waals surface area contributed by atoms with Crippen molar-refractivity contribution in [2.24, 2.45) is 0 Å². The number of hydrogen-bond acceptors (Lipinski definition) is 4. The van der Waals surface area contributed by atoms with Gasteiger partial charge in [0.25, 0.3) is 0 Å². The summed E-state index contributed by atoms with van der Waals surface area (Å²) in [7, 11) is 1.97. The quantitative estimate of drug-likeness (QED) is 0.594. The van der Waals surface area contributed by atoms with Crippen LogP contribution in [0.15, 0.2) is 0 Å². The molecule has 1 atom stereocenters. The fourth-order valence-corrected chi connectivity index (χ4v) is 1.22. The van der Waals surface area contributed by atoms with Gasteiger partial charge in [0.15, 0.2) is 6.10 Å². The normalized spacial score (nSPS) is 24.3. The Hall–Kier alpha value is -0.610. The summed E-state index contributed by atoms with van der Waals surface area (Å²) in [6, 6.07) is 0. The van der Waals surface area contributed by atoms with Crippen molar-refractivity contribution in [3.05, 3.63) is 0 Å². The summed E-state index contributed by atoms with van der Waals surface area (Å²) < 4.78 is 10.3. The lowest BCUT2D eigenvalue weighted by molar-refractivity contribution is -0.162. The molecule has 13 heavy (non-hydrogen) atoms. The maximum atomic E-state index is 11.3. The van der Waals surface area contributed by atoms with Gasteiger partial charge < -0.3 is 14.4 Å². The van der Waals surface area contributed by atoms with E-state index >= 15 is 0 Å². The van der Waals surface area contributed by atoms with Gasteiger partial charge in [-0.3, -0.25) is 0 Å². The van der Waals surface area contributed by atoms with Crippen LogP contribution in [0.4, 0.5) is 0 Å². The second-order valence-electron chi connectivity index (χ2n) is 3.29. The average molecular weight is 187 g/mol. The third-order valence-electron chi connectivity index (χ3n) is 1.98. The van der Waals surface area contributed by atoms with Gasteiger partial charge in [0.05, 0.1) is 13.2 Å². The molecule has 0 saturated carbocycles. The second-order valence-corrected chi connectivity index (χ2v) is 3.29. The van der Waals surface area contributed by atoms with Crippen LogP contribution >= 0.6 is 0 Å². The molecule has 4 nitrogen and oxygen atoms in total. The first-order valence-electron chi connectivity index (χ1n) is 4.71. The van der Waals surface area contributed by atoms with E-state index in [0.717, 1.165) is 13.0 Å². The molecule has 1 fully saturated rings. The first kappa shape index (κ1) is 10.5. The van der Waals surface area contributed by atoms with Crippen molar-refractivity contribution in [2.75, 3.05) is 33.4 Å². The Morgan fingerprint density at radius 1 is 1.69 bits per heavy atom. The maximum Gasteiger partial charge on any atom is 0.336 e. The molecule has 0 aromatic heterocycles. The molecule has 1 rings (SSSR count). The van der Waals surface area contributed by atoms with Gasteiger partial charge in [-0.2, -0.15) is 0 Å². The molecule has 0 aromatic carbocycles. The zero-order valence-electron chi connectivity index (χ0n) is 8.28. The van der Waals surface area contributed by atoms with Gasteiger partial charge in [-0.25, -0.2) is 4.79 Å². The smallest absolute Gasteiger partial charge is 0.336 e. The van der Waals surface area contributed by atoms with Crippen LogP contribution in [0.3, 0.4) is 0 Å². The van der Waals surface area contributed by atoms with Crippen molar-refractivity contribution in [2.45, 2.75) is 19.4 Å². The third-order valence-corrected chi connectivity index (χ3v) is 1.98. The molecule has 1 aliphatic rings. The van der Waals surface area contributed by atoms with E-state index in [-0.39, 0.29) is 12.1 Å². The standard InChI is InChI=1S/C9H17NO3/c1-3-5-13-9(11)8-7-10(2)4-6-12-8/h8H,3-7H2,1-2H3. The molecule has 0 bridgehead atoms. The van der Waals surface area contributed by atoms with Gasteiger partial charge in [-0.1, -0.05) is 6.92 Å². The molecule has 0 aliphatic carbocycles. The van der Waals surface area contributed by atoms with Crippen molar-refractivity contribution in [1.29, 1.82) is 0 Å². The molecule has 0 radical (unpaired) electrons. The Bertz CT molecular complexity index is 172. The summed E-state index contributed by atoms with van der Waals surface area (Å²) >= 11 is 0. The summed E-state index contributed by atoms with van der Waals surface area (Å²) in [5.74, 6) is -0.228. The van der Waals surface area contributed by atoms with Crippen LogP contribution in [0, 0.1) is 0 Å². The highest BCUT2D eigenvalue weighted by Gasteiger charge is 2.25. The van der Waals surface area contributed by atoms with Crippen molar-refractivity contribution in [3.63, 3.8) is 0 Å². The van der Waals surface area contributed by atoms with Gasteiger partial charge in [0.1, 0.15) is 0 Å². The molecule has 1 saturated heterocycles. The van der Waals surface area contributed by atoms with Crippen LogP contribution in [0.25, 0.3) is 0 Å². The average Bonchev–Trinajstić information content (AvgIpc) is 2.14. The minimum Gasteiger partial charge on any atom is -0.464 e. The number of rotatable bonds is 3. The van der Waals surface area contributed by atoms with Gasteiger partial charge >= 0.3 is 5.97 Å². The predicted octanol–water partition coefficient (Wildman–Crippen LogP) is 0.270. The zero-order chi connectivity index (χ0) is 9.68. The summed E-state index contributed by atoms with van der Waals surface area (Å²) in [4.78, 5) is 13.4. The lowest BCUT2D eigenvalue weighted by Crippen LogP contribution is -2.44. The number of carbonyl (C=O) groups excluding carboxylic acids is 1. The van der Waals surface area contributed by atoms with E-state index in [2.05, 4.69) is 4.90 Å². The largest absolute Gasteiger partial charge is 0.464 e. The summed E-state index contributed by atoms with van der Waals surface area (Å²) in [6.45, 7) is 4.60. The molecular weight excluding hydrogens is 170 g/mol. The van der Waals surface area contributed by atoms with Crippen LogP contribution in [-0.4, -0.2) is 50.3 Å². The Morgan fingerprint density at radius 3 is 3.08 bits per heavy atom. The minimum atomic E-state index is -0.384.